The Hall–Kier alpha value is -2.00. The third kappa shape index (κ3) is 2.61. The van der Waals surface area contributed by atoms with Crippen molar-refractivity contribution in [1.82, 2.24) is 4.90 Å². The van der Waals surface area contributed by atoms with Crippen molar-refractivity contribution >= 4 is 0 Å². The Bertz CT molecular complexity index is 639. The Kier molecular flexibility index (Phi) is 3.84. The molecule has 0 saturated carbocycles. The molecule has 3 nitrogen and oxygen atoms in total. The molecule has 0 radical (unpaired) electrons. The van der Waals surface area contributed by atoms with Gasteiger partial charge in [0.05, 0.1) is 7.11 Å². The van der Waals surface area contributed by atoms with Gasteiger partial charge in [-0.05, 0) is 37.1 Å². The zero-order chi connectivity index (χ0) is 14.8. The second-order valence-electron chi connectivity index (χ2n) is 5.64. The minimum atomic E-state index is 0.248. The highest BCUT2D eigenvalue weighted by Crippen LogP contribution is 2.37. The van der Waals surface area contributed by atoms with Crippen LogP contribution >= 0.6 is 0 Å². The number of hydrogen-bond donors (Lipinski definition) is 1. The Morgan fingerprint density at radius 1 is 1.19 bits per heavy atom. The maximum atomic E-state index is 10.2. The van der Waals surface area contributed by atoms with Crippen molar-refractivity contribution in [1.29, 1.82) is 0 Å². The molecule has 0 saturated heterocycles. The fourth-order valence-corrected chi connectivity index (χ4v) is 3.23. The van der Waals surface area contributed by atoms with Gasteiger partial charge in [-0.3, -0.25) is 4.90 Å². The molecule has 2 aromatic carbocycles. The molecule has 0 fully saturated rings. The normalized spacial score (nSPS) is 17.0. The second kappa shape index (κ2) is 5.78. The highest BCUT2D eigenvalue weighted by atomic mass is 16.5. The summed E-state index contributed by atoms with van der Waals surface area (Å²) in [4.78, 5) is 2.31. The number of aromatic hydroxyl groups is 1. The SMILES string of the molecule is COc1cccc(CN(C)C2CCc3ccccc32)c1O. The van der Waals surface area contributed by atoms with Crippen LogP contribution in [0.5, 0.6) is 11.5 Å². The van der Waals surface area contributed by atoms with Crippen molar-refractivity contribution in [2.75, 3.05) is 14.2 Å². The second-order valence-corrected chi connectivity index (χ2v) is 5.64. The Morgan fingerprint density at radius 2 is 2.00 bits per heavy atom. The lowest BCUT2D eigenvalue weighted by atomic mass is 10.1. The molecular weight excluding hydrogens is 262 g/mol. The zero-order valence-corrected chi connectivity index (χ0v) is 12.5. The number of phenols is 1. The fourth-order valence-electron chi connectivity index (χ4n) is 3.23. The van der Waals surface area contributed by atoms with Crippen LogP contribution < -0.4 is 4.74 Å². The van der Waals surface area contributed by atoms with Gasteiger partial charge in [-0.15, -0.1) is 0 Å². The number of aryl methyl sites for hydroxylation is 1. The number of methoxy groups -OCH3 is 1. The first kappa shape index (κ1) is 14.0. The van der Waals surface area contributed by atoms with E-state index in [1.165, 1.54) is 11.1 Å². The van der Waals surface area contributed by atoms with E-state index in [-0.39, 0.29) is 5.75 Å². The third-order valence-electron chi connectivity index (χ3n) is 4.36. The molecule has 0 spiro atoms. The van der Waals surface area contributed by atoms with Gasteiger partial charge in [-0.25, -0.2) is 0 Å². The van der Waals surface area contributed by atoms with Gasteiger partial charge < -0.3 is 9.84 Å². The van der Waals surface area contributed by atoms with E-state index in [0.29, 0.717) is 18.3 Å². The Balaban J connectivity index is 1.80. The van der Waals surface area contributed by atoms with E-state index in [2.05, 4.69) is 36.2 Å². The van der Waals surface area contributed by atoms with Crippen LogP contribution in [-0.4, -0.2) is 24.2 Å². The van der Waals surface area contributed by atoms with Crippen LogP contribution in [0.1, 0.15) is 29.2 Å². The van der Waals surface area contributed by atoms with Crippen molar-refractivity contribution in [3.63, 3.8) is 0 Å². The molecule has 110 valence electrons. The molecule has 1 aliphatic carbocycles. The molecule has 0 aliphatic heterocycles. The van der Waals surface area contributed by atoms with Gasteiger partial charge in [0, 0.05) is 18.2 Å². The average molecular weight is 283 g/mol. The van der Waals surface area contributed by atoms with Crippen molar-refractivity contribution < 1.29 is 9.84 Å². The third-order valence-corrected chi connectivity index (χ3v) is 4.36. The number of fused-ring (bicyclic) bond motifs is 1. The van der Waals surface area contributed by atoms with Crippen LogP contribution in [0.2, 0.25) is 0 Å². The number of rotatable bonds is 4. The molecule has 2 aromatic rings. The fraction of sp³-hybridized carbons (Fsp3) is 0.333. The summed E-state index contributed by atoms with van der Waals surface area (Å²) in [5, 5.41) is 10.2. The highest BCUT2D eigenvalue weighted by molar-refractivity contribution is 5.45. The molecule has 21 heavy (non-hydrogen) atoms. The van der Waals surface area contributed by atoms with Gasteiger partial charge in [0.25, 0.3) is 0 Å². The molecular formula is C18H21NO2. The van der Waals surface area contributed by atoms with E-state index in [4.69, 9.17) is 4.74 Å². The molecule has 0 aromatic heterocycles. The largest absolute Gasteiger partial charge is 0.504 e. The lowest BCUT2D eigenvalue weighted by molar-refractivity contribution is 0.232. The van der Waals surface area contributed by atoms with Gasteiger partial charge in [0.15, 0.2) is 11.5 Å². The van der Waals surface area contributed by atoms with Crippen molar-refractivity contribution in [2.24, 2.45) is 0 Å². The standard InChI is InChI=1S/C18H21NO2/c1-19(12-14-7-5-9-17(21-2)18(14)20)16-11-10-13-6-3-4-8-15(13)16/h3-9,16,20H,10-12H2,1-2H3. The number of nitrogens with zero attached hydrogens (tertiary/aromatic N) is 1. The van der Waals surface area contributed by atoms with E-state index in [1.54, 1.807) is 13.2 Å². The monoisotopic (exact) mass is 283 g/mol. The molecule has 0 bridgehead atoms. The maximum Gasteiger partial charge on any atom is 0.162 e. The first-order chi connectivity index (χ1) is 10.2. The first-order valence-electron chi connectivity index (χ1n) is 7.33. The van der Waals surface area contributed by atoms with Crippen LogP contribution in [0.15, 0.2) is 42.5 Å². The Morgan fingerprint density at radius 3 is 2.81 bits per heavy atom. The molecule has 0 heterocycles. The van der Waals surface area contributed by atoms with Gasteiger partial charge in [-0.2, -0.15) is 0 Å². The van der Waals surface area contributed by atoms with Crippen molar-refractivity contribution in [3.8, 4) is 11.5 Å². The summed E-state index contributed by atoms with van der Waals surface area (Å²) in [6.07, 6.45) is 2.27. The number of benzene rings is 2. The topological polar surface area (TPSA) is 32.7 Å². The van der Waals surface area contributed by atoms with E-state index >= 15 is 0 Å². The van der Waals surface area contributed by atoms with Crippen LogP contribution in [0.4, 0.5) is 0 Å². The number of hydrogen-bond acceptors (Lipinski definition) is 3. The van der Waals surface area contributed by atoms with Gasteiger partial charge in [-0.1, -0.05) is 36.4 Å². The number of para-hydroxylation sites is 1. The van der Waals surface area contributed by atoms with Crippen molar-refractivity contribution in [2.45, 2.75) is 25.4 Å². The molecule has 1 atom stereocenters. The van der Waals surface area contributed by atoms with Gasteiger partial charge in [0.1, 0.15) is 0 Å². The van der Waals surface area contributed by atoms with E-state index in [1.807, 2.05) is 12.1 Å². The molecule has 3 heteroatoms. The lowest BCUT2D eigenvalue weighted by Gasteiger charge is -2.25. The van der Waals surface area contributed by atoms with E-state index in [0.717, 1.165) is 18.4 Å². The summed E-state index contributed by atoms with van der Waals surface area (Å²) in [5.41, 5.74) is 3.77. The van der Waals surface area contributed by atoms with Crippen LogP contribution in [0.3, 0.4) is 0 Å². The number of phenolic OH excluding ortho intramolecular Hbond substituents is 1. The summed E-state index contributed by atoms with van der Waals surface area (Å²) in [6.45, 7) is 0.710. The lowest BCUT2D eigenvalue weighted by Crippen LogP contribution is -2.22. The molecule has 1 aliphatic rings. The smallest absolute Gasteiger partial charge is 0.162 e. The molecule has 3 rings (SSSR count). The van der Waals surface area contributed by atoms with Crippen LogP contribution in [-0.2, 0) is 13.0 Å². The van der Waals surface area contributed by atoms with E-state index < -0.39 is 0 Å². The van der Waals surface area contributed by atoms with Gasteiger partial charge in [0.2, 0.25) is 0 Å². The predicted molar refractivity (Wildman–Crippen MR) is 83.6 cm³/mol. The summed E-state index contributed by atoms with van der Waals surface area (Å²) >= 11 is 0. The van der Waals surface area contributed by atoms with Crippen LogP contribution in [0.25, 0.3) is 0 Å². The average Bonchev–Trinajstić information content (AvgIpc) is 2.93. The molecule has 0 amide bonds. The van der Waals surface area contributed by atoms with Gasteiger partial charge >= 0.3 is 0 Å². The Labute approximate surface area is 125 Å². The first-order valence-corrected chi connectivity index (χ1v) is 7.33. The minimum Gasteiger partial charge on any atom is -0.504 e. The zero-order valence-electron chi connectivity index (χ0n) is 12.5. The summed E-state index contributed by atoms with van der Waals surface area (Å²) in [5.74, 6) is 0.783. The molecule has 1 N–H and O–H groups in total. The summed E-state index contributed by atoms with van der Waals surface area (Å²) < 4.78 is 5.18. The summed E-state index contributed by atoms with van der Waals surface area (Å²) in [7, 11) is 3.70. The van der Waals surface area contributed by atoms with E-state index in [9.17, 15) is 5.11 Å². The number of ether oxygens (including phenoxy) is 1. The van der Waals surface area contributed by atoms with Crippen LogP contribution in [0, 0.1) is 0 Å². The minimum absolute atomic E-state index is 0.248. The highest BCUT2D eigenvalue weighted by Gasteiger charge is 2.26. The van der Waals surface area contributed by atoms with Crippen molar-refractivity contribution in [3.05, 3.63) is 59.2 Å². The predicted octanol–water partition coefficient (Wildman–Crippen LogP) is 3.52. The maximum absolute atomic E-state index is 10.2. The molecule has 1 unspecified atom stereocenters. The quantitative estimate of drug-likeness (QED) is 0.932. The summed E-state index contributed by atoms with van der Waals surface area (Å²) in [6, 6.07) is 14.7.